The van der Waals surface area contributed by atoms with E-state index in [1.54, 1.807) is 0 Å². The summed E-state index contributed by atoms with van der Waals surface area (Å²) in [5.41, 5.74) is 3.79. The molecule has 1 aliphatic heterocycles. The minimum Gasteiger partial charge on any atom is -0.378 e. The first-order chi connectivity index (χ1) is 11.8. The van der Waals surface area contributed by atoms with Crippen LogP contribution in [0.5, 0.6) is 0 Å². The first kappa shape index (κ1) is 18.0. The van der Waals surface area contributed by atoms with E-state index >= 15 is 0 Å². The van der Waals surface area contributed by atoms with Gasteiger partial charge in [-0.2, -0.15) is 0 Å². The zero-order valence-corrected chi connectivity index (χ0v) is 16.0. The number of nitrogens with one attached hydrogen (secondary N) is 1. The molecule has 1 saturated heterocycles. The van der Waals surface area contributed by atoms with E-state index in [4.69, 9.17) is 4.74 Å². The van der Waals surface area contributed by atoms with Crippen LogP contribution in [-0.2, 0) is 16.7 Å². The topological polar surface area (TPSA) is 44.4 Å². The Labute approximate surface area is 151 Å². The Balaban J connectivity index is 1.75. The number of imidazole rings is 1. The molecule has 5 heteroatoms. The van der Waals surface area contributed by atoms with Gasteiger partial charge in [0.15, 0.2) is 0 Å². The second kappa shape index (κ2) is 7.18. The molecule has 0 amide bonds. The molecule has 1 unspecified atom stereocenters. The van der Waals surface area contributed by atoms with E-state index in [2.05, 4.69) is 78.9 Å². The molecule has 0 bridgehead atoms. The number of H-pyrrole nitrogens is 1. The van der Waals surface area contributed by atoms with E-state index in [1.165, 1.54) is 16.9 Å². The Morgan fingerprint density at radius 3 is 2.56 bits per heavy atom. The fourth-order valence-corrected chi connectivity index (χ4v) is 3.10. The van der Waals surface area contributed by atoms with Gasteiger partial charge < -0.3 is 14.6 Å². The largest absolute Gasteiger partial charge is 0.378 e. The van der Waals surface area contributed by atoms with Crippen LogP contribution in [0.1, 0.15) is 43.9 Å². The number of aromatic amines is 1. The number of rotatable bonds is 4. The molecule has 1 aliphatic rings. The average Bonchev–Trinajstić information content (AvgIpc) is 3.06. The van der Waals surface area contributed by atoms with Gasteiger partial charge >= 0.3 is 0 Å². The molecule has 0 aliphatic carbocycles. The number of hydrogen-bond acceptors (Lipinski definition) is 4. The van der Waals surface area contributed by atoms with Crippen molar-refractivity contribution in [3.05, 3.63) is 47.5 Å². The predicted molar refractivity (Wildman–Crippen MR) is 102 cm³/mol. The van der Waals surface area contributed by atoms with Crippen molar-refractivity contribution in [3.8, 4) is 0 Å². The van der Waals surface area contributed by atoms with Gasteiger partial charge in [0.2, 0.25) is 0 Å². The summed E-state index contributed by atoms with van der Waals surface area (Å²) in [6.45, 7) is 9.90. The summed E-state index contributed by atoms with van der Waals surface area (Å²) in [5.74, 6) is 1.01. The number of ether oxygens (including phenoxy) is 1. The van der Waals surface area contributed by atoms with Crippen molar-refractivity contribution in [1.29, 1.82) is 0 Å². The molecule has 3 rings (SSSR count). The van der Waals surface area contributed by atoms with E-state index in [0.717, 1.165) is 25.5 Å². The van der Waals surface area contributed by atoms with Gasteiger partial charge in [-0.15, -0.1) is 0 Å². The number of aromatic nitrogens is 2. The van der Waals surface area contributed by atoms with Crippen molar-refractivity contribution in [2.45, 2.75) is 38.8 Å². The molecule has 1 N–H and O–H groups in total. The Bertz CT molecular complexity index is 684. The third-order valence-corrected chi connectivity index (χ3v) is 4.80. The van der Waals surface area contributed by atoms with Crippen molar-refractivity contribution in [3.63, 3.8) is 0 Å². The second-order valence-electron chi connectivity index (χ2n) is 8.05. The summed E-state index contributed by atoms with van der Waals surface area (Å²) >= 11 is 0. The number of anilines is 1. The van der Waals surface area contributed by atoms with Gasteiger partial charge in [-0.3, -0.25) is 4.90 Å². The van der Waals surface area contributed by atoms with Gasteiger partial charge in [0, 0.05) is 50.2 Å². The van der Waals surface area contributed by atoms with Crippen LogP contribution in [0, 0.1) is 0 Å². The standard InChI is InChI=1S/C20H30N4O/c1-20(2,3)18-12-21-19(22-18)17-14-25-11-10-24(17)13-15-6-8-16(9-7-15)23(4)5/h6-9,12,17H,10-11,13-14H2,1-5H3,(H,21,22). The lowest BCUT2D eigenvalue weighted by molar-refractivity contribution is -0.0157. The van der Waals surface area contributed by atoms with Crippen LogP contribution in [-0.4, -0.2) is 48.7 Å². The minimum atomic E-state index is 0.0770. The van der Waals surface area contributed by atoms with E-state index in [1.807, 2.05) is 6.20 Å². The molecule has 25 heavy (non-hydrogen) atoms. The van der Waals surface area contributed by atoms with Crippen molar-refractivity contribution < 1.29 is 4.74 Å². The van der Waals surface area contributed by atoms with Gasteiger partial charge in [-0.1, -0.05) is 32.9 Å². The highest BCUT2D eigenvalue weighted by Crippen LogP contribution is 2.27. The lowest BCUT2D eigenvalue weighted by Gasteiger charge is -2.34. The fraction of sp³-hybridized carbons (Fsp3) is 0.550. The highest BCUT2D eigenvalue weighted by molar-refractivity contribution is 5.46. The third-order valence-electron chi connectivity index (χ3n) is 4.80. The molecule has 2 aromatic rings. The lowest BCUT2D eigenvalue weighted by Crippen LogP contribution is -2.39. The monoisotopic (exact) mass is 342 g/mol. The molecule has 2 heterocycles. The first-order valence-corrected chi connectivity index (χ1v) is 8.98. The van der Waals surface area contributed by atoms with Crippen LogP contribution in [0.3, 0.4) is 0 Å². The van der Waals surface area contributed by atoms with Crippen LogP contribution in [0.25, 0.3) is 0 Å². The third kappa shape index (κ3) is 4.22. The molecular weight excluding hydrogens is 312 g/mol. The number of morpholine rings is 1. The highest BCUT2D eigenvalue weighted by atomic mass is 16.5. The smallest absolute Gasteiger partial charge is 0.126 e. The maximum Gasteiger partial charge on any atom is 0.126 e. The van der Waals surface area contributed by atoms with Crippen molar-refractivity contribution in [2.75, 3.05) is 38.8 Å². The summed E-state index contributed by atoms with van der Waals surface area (Å²) in [4.78, 5) is 12.8. The summed E-state index contributed by atoms with van der Waals surface area (Å²) in [5, 5.41) is 0. The molecule has 0 spiro atoms. The highest BCUT2D eigenvalue weighted by Gasteiger charge is 2.28. The molecule has 1 aromatic heterocycles. The van der Waals surface area contributed by atoms with Crippen LogP contribution in [0.4, 0.5) is 5.69 Å². The maximum absolute atomic E-state index is 5.74. The molecule has 5 nitrogen and oxygen atoms in total. The van der Waals surface area contributed by atoms with Gasteiger partial charge in [0.1, 0.15) is 5.82 Å². The van der Waals surface area contributed by atoms with Gasteiger partial charge in [0.05, 0.1) is 19.3 Å². The molecule has 1 aromatic carbocycles. The summed E-state index contributed by atoms with van der Waals surface area (Å²) in [6.07, 6.45) is 1.97. The van der Waals surface area contributed by atoms with E-state index in [-0.39, 0.29) is 11.5 Å². The molecular formula is C20H30N4O. The van der Waals surface area contributed by atoms with Crippen LogP contribution in [0.15, 0.2) is 30.5 Å². The van der Waals surface area contributed by atoms with Crippen LogP contribution < -0.4 is 4.90 Å². The first-order valence-electron chi connectivity index (χ1n) is 8.98. The average molecular weight is 342 g/mol. The van der Waals surface area contributed by atoms with E-state index < -0.39 is 0 Å². The molecule has 136 valence electrons. The van der Waals surface area contributed by atoms with E-state index in [0.29, 0.717) is 6.61 Å². The SMILES string of the molecule is CN(C)c1ccc(CN2CCOCC2c2ncc(C(C)(C)C)[nH]2)cc1. The summed E-state index contributed by atoms with van der Waals surface area (Å²) < 4.78 is 5.74. The zero-order chi connectivity index (χ0) is 18.0. The van der Waals surface area contributed by atoms with Crippen LogP contribution >= 0.6 is 0 Å². The molecule has 1 atom stereocenters. The number of benzene rings is 1. The summed E-state index contributed by atoms with van der Waals surface area (Å²) in [7, 11) is 4.13. The predicted octanol–water partition coefficient (Wildman–Crippen LogP) is 3.35. The lowest BCUT2D eigenvalue weighted by atomic mass is 9.93. The van der Waals surface area contributed by atoms with Crippen molar-refractivity contribution in [1.82, 2.24) is 14.9 Å². The molecule has 0 saturated carbocycles. The van der Waals surface area contributed by atoms with Gasteiger partial charge in [0.25, 0.3) is 0 Å². The molecule has 0 radical (unpaired) electrons. The van der Waals surface area contributed by atoms with E-state index in [9.17, 15) is 0 Å². The van der Waals surface area contributed by atoms with Gasteiger partial charge in [-0.25, -0.2) is 4.98 Å². The number of nitrogens with zero attached hydrogens (tertiary/aromatic N) is 3. The Hall–Kier alpha value is -1.85. The van der Waals surface area contributed by atoms with Crippen molar-refractivity contribution in [2.24, 2.45) is 0 Å². The Morgan fingerprint density at radius 2 is 1.96 bits per heavy atom. The molecule has 1 fully saturated rings. The van der Waals surface area contributed by atoms with Crippen LogP contribution in [0.2, 0.25) is 0 Å². The van der Waals surface area contributed by atoms with Gasteiger partial charge in [-0.05, 0) is 17.7 Å². The fourth-order valence-electron chi connectivity index (χ4n) is 3.10. The normalized spacial score (nSPS) is 19.2. The summed E-state index contributed by atoms with van der Waals surface area (Å²) in [6, 6.07) is 8.96. The zero-order valence-electron chi connectivity index (χ0n) is 16.0. The quantitative estimate of drug-likeness (QED) is 0.925. The Morgan fingerprint density at radius 1 is 1.24 bits per heavy atom. The second-order valence-corrected chi connectivity index (χ2v) is 8.05. The van der Waals surface area contributed by atoms with Crippen molar-refractivity contribution >= 4 is 5.69 Å². The number of hydrogen-bond donors (Lipinski definition) is 1. The Kier molecular flexibility index (Phi) is 5.16. The maximum atomic E-state index is 5.74. The minimum absolute atomic E-state index is 0.0770.